The molecule has 1 fully saturated rings. The van der Waals surface area contributed by atoms with E-state index < -0.39 is 43.7 Å². The Bertz CT molecular complexity index is 791. The highest BCUT2D eigenvalue weighted by atomic mass is 31.2. The molecule has 5 atom stereocenters. The van der Waals surface area contributed by atoms with Gasteiger partial charge >= 0.3 is 5.69 Å². The molecule has 0 aromatic carbocycles. The Morgan fingerprint density at radius 3 is 2.75 bits per heavy atom. The van der Waals surface area contributed by atoms with Gasteiger partial charge in [-0.1, -0.05) is 20.3 Å². The Kier molecular flexibility index (Phi) is 8.35. The first-order valence-electron chi connectivity index (χ1n) is 9.34. The molecule has 9 nitrogen and oxygen atoms in total. The largest absolute Gasteiger partial charge is 0.374 e. The molecule has 2 unspecified atom stereocenters. The summed E-state index contributed by atoms with van der Waals surface area (Å²) < 4.78 is 25.3. The number of hydrogen-bond donors (Lipinski definition) is 1. The molecular weight excluding hydrogens is 385 g/mol. The Morgan fingerprint density at radius 2 is 2.18 bits per heavy atom. The molecule has 0 aliphatic carbocycles. The van der Waals surface area contributed by atoms with E-state index in [1.54, 1.807) is 7.11 Å². The minimum absolute atomic E-state index is 0.286. The monoisotopic (exact) mass is 413 g/mol. The SMILES string of the molecule is CCC[C@]1(CC)O[C@@H](n2ccc(=O)[nH]c2=O)[C@@H](OC)C1OP(C)OCCC#N. The molecule has 1 saturated heterocycles. The van der Waals surface area contributed by atoms with Crippen LogP contribution in [0.1, 0.15) is 45.8 Å². The smallest absolute Gasteiger partial charge is 0.330 e. The van der Waals surface area contributed by atoms with Crippen molar-refractivity contribution in [2.24, 2.45) is 0 Å². The Hall–Kier alpha value is -1.56. The molecular formula is C18H28N3O6P. The topological polar surface area (TPSA) is 116 Å². The minimum atomic E-state index is -1.27. The second-order valence-electron chi connectivity index (χ2n) is 6.60. The summed E-state index contributed by atoms with van der Waals surface area (Å²) in [5, 5.41) is 8.68. The van der Waals surface area contributed by atoms with Crippen molar-refractivity contribution in [1.29, 1.82) is 5.26 Å². The minimum Gasteiger partial charge on any atom is -0.374 e. The van der Waals surface area contributed by atoms with Crippen LogP contribution in [-0.2, 0) is 18.5 Å². The standard InChI is InChI=1S/C18H28N3O6P/c1-5-9-18(6-2)15(27-28(4)25-12-7-10-19)14(24-3)16(26-18)21-11-8-13(22)20-17(21)23/h8,11,14-16H,5-7,9,12H2,1-4H3,(H,20,22,23)/t14-,15?,16+,18-,28?/m0/s1. The second-order valence-corrected chi connectivity index (χ2v) is 7.95. The Labute approximate surface area is 165 Å². The molecule has 2 heterocycles. The van der Waals surface area contributed by atoms with Crippen LogP contribution in [0.4, 0.5) is 0 Å². The van der Waals surface area contributed by atoms with Gasteiger partial charge in [0.2, 0.25) is 0 Å². The lowest BCUT2D eigenvalue weighted by Gasteiger charge is -2.35. The summed E-state index contributed by atoms with van der Waals surface area (Å²) in [7, 11) is 0.274. The predicted octanol–water partition coefficient (Wildman–Crippen LogP) is 2.29. The van der Waals surface area contributed by atoms with Crippen molar-refractivity contribution in [2.75, 3.05) is 20.4 Å². The number of rotatable bonds is 10. The molecule has 2 rings (SSSR count). The van der Waals surface area contributed by atoms with E-state index in [0.29, 0.717) is 19.4 Å². The number of H-pyrrole nitrogens is 1. The second kappa shape index (κ2) is 10.3. The summed E-state index contributed by atoms with van der Waals surface area (Å²) in [5.74, 6) is 0. The van der Waals surface area contributed by atoms with Gasteiger partial charge in [0.1, 0.15) is 12.2 Å². The average Bonchev–Trinajstić information content (AvgIpc) is 2.95. The van der Waals surface area contributed by atoms with E-state index in [-0.39, 0.29) is 6.42 Å². The maximum Gasteiger partial charge on any atom is 0.330 e. The van der Waals surface area contributed by atoms with Crippen molar-refractivity contribution in [2.45, 2.75) is 63.6 Å². The van der Waals surface area contributed by atoms with Gasteiger partial charge < -0.3 is 18.5 Å². The molecule has 1 aromatic heterocycles. The van der Waals surface area contributed by atoms with Crippen LogP contribution in [0.15, 0.2) is 21.9 Å². The maximum absolute atomic E-state index is 12.3. The quantitative estimate of drug-likeness (QED) is 0.462. The van der Waals surface area contributed by atoms with Gasteiger partial charge in [-0.2, -0.15) is 5.26 Å². The van der Waals surface area contributed by atoms with Crippen molar-refractivity contribution in [1.82, 2.24) is 9.55 Å². The van der Waals surface area contributed by atoms with Gasteiger partial charge in [0.25, 0.3) is 5.56 Å². The van der Waals surface area contributed by atoms with Crippen LogP contribution in [0, 0.1) is 11.3 Å². The third kappa shape index (κ3) is 4.88. The maximum atomic E-state index is 12.3. The first kappa shape index (κ1) is 22.7. The van der Waals surface area contributed by atoms with E-state index in [0.717, 1.165) is 6.42 Å². The molecule has 0 saturated carbocycles. The number of nitriles is 1. The fraction of sp³-hybridized carbons (Fsp3) is 0.722. The molecule has 1 N–H and O–H groups in total. The Balaban J connectivity index is 2.36. The molecule has 0 spiro atoms. The van der Waals surface area contributed by atoms with Gasteiger partial charge in [-0.05, 0) is 12.8 Å². The lowest BCUT2D eigenvalue weighted by Crippen LogP contribution is -2.44. The van der Waals surface area contributed by atoms with E-state index in [4.69, 9.17) is 23.8 Å². The van der Waals surface area contributed by atoms with Crippen LogP contribution in [-0.4, -0.2) is 47.7 Å². The normalized spacial score (nSPS) is 28.2. The zero-order valence-corrected chi connectivity index (χ0v) is 17.6. The average molecular weight is 413 g/mol. The summed E-state index contributed by atoms with van der Waals surface area (Å²) in [6.45, 7) is 6.17. The summed E-state index contributed by atoms with van der Waals surface area (Å²) in [4.78, 5) is 26.0. The molecule has 156 valence electrons. The summed E-state index contributed by atoms with van der Waals surface area (Å²) in [6, 6.07) is 3.31. The number of methoxy groups -OCH3 is 1. The number of aromatic amines is 1. The summed E-state index contributed by atoms with van der Waals surface area (Å²) in [6.07, 6.45) is 2.14. The molecule has 0 radical (unpaired) electrons. The van der Waals surface area contributed by atoms with Crippen LogP contribution < -0.4 is 11.2 Å². The number of aromatic nitrogens is 2. The van der Waals surface area contributed by atoms with Crippen molar-refractivity contribution < 1.29 is 18.5 Å². The number of nitrogens with zero attached hydrogens (tertiary/aromatic N) is 2. The van der Waals surface area contributed by atoms with E-state index in [9.17, 15) is 9.59 Å². The molecule has 0 bridgehead atoms. The highest BCUT2D eigenvalue weighted by Crippen LogP contribution is 2.50. The van der Waals surface area contributed by atoms with Crippen molar-refractivity contribution in [3.63, 3.8) is 0 Å². The number of nitrogens with one attached hydrogen (secondary N) is 1. The van der Waals surface area contributed by atoms with Crippen LogP contribution >= 0.6 is 8.38 Å². The highest BCUT2D eigenvalue weighted by molar-refractivity contribution is 7.46. The van der Waals surface area contributed by atoms with Crippen molar-refractivity contribution in [3.8, 4) is 6.07 Å². The fourth-order valence-corrected chi connectivity index (χ4v) is 4.60. The lowest BCUT2D eigenvalue weighted by molar-refractivity contribution is -0.109. The number of ether oxygens (including phenoxy) is 2. The predicted molar refractivity (Wildman–Crippen MR) is 104 cm³/mol. The molecule has 10 heteroatoms. The van der Waals surface area contributed by atoms with Gasteiger partial charge in [0.05, 0.1) is 24.7 Å². The highest BCUT2D eigenvalue weighted by Gasteiger charge is 2.56. The fourth-order valence-electron chi connectivity index (χ4n) is 3.56. The molecule has 1 aliphatic heterocycles. The third-order valence-corrected chi connectivity index (χ3v) is 5.94. The first-order chi connectivity index (χ1) is 13.4. The van der Waals surface area contributed by atoms with E-state index in [2.05, 4.69) is 11.9 Å². The molecule has 0 amide bonds. The van der Waals surface area contributed by atoms with Crippen LogP contribution in [0.5, 0.6) is 0 Å². The van der Waals surface area contributed by atoms with E-state index in [1.165, 1.54) is 16.8 Å². The van der Waals surface area contributed by atoms with Gasteiger partial charge in [0.15, 0.2) is 14.6 Å². The molecule has 1 aromatic rings. The van der Waals surface area contributed by atoms with E-state index in [1.807, 2.05) is 19.7 Å². The van der Waals surface area contributed by atoms with Crippen LogP contribution in [0.25, 0.3) is 0 Å². The Morgan fingerprint density at radius 1 is 1.43 bits per heavy atom. The first-order valence-corrected chi connectivity index (χ1v) is 11.0. The van der Waals surface area contributed by atoms with Gasteiger partial charge in [-0.25, -0.2) is 4.79 Å². The lowest BCUT2D eigenvalue weighted by atomic mass is 9.88. The van der Waals surface area contributed by atoms with Gasteiger partial charge in [-0.3, -0.25) is 14.3 Å². The molecule has 28 heavy (non-hydrogen) atoms. The van der Waals surface area contributed by atoms with Crippen LogP contribution in [0.2, 0.25) is 0 Å². The van der Waals surface area contributed by atoms with Crippen LogP contribution in [0.3, 0.4) is 0 Å². The zero-order valence-electron chi connectivity index (χ0n) is 16.7. The van der Waals surface area contributed by atoms with Gasteiger partial charge in [-0.15, -0.1) is 0 Å². The summed E-state index contributed by atoms with van der Waals surface area (Å²) >= 11 is 0. The van der Waals surface area contributed by atoms with Gasteiger partial charge in [0, 0.05) is 26.0 Å². The van der Waals surface area contributed by atoms with Crippen molar-refractivity contribution in [3.05, 3.63) is 33.1 Å². The third-order valence-electron chi connectivity index (χ3n) is 4.87. The zero-order chi connectivity index (χ0) is 20.7. The summed E-state index contributed by atoms with van der Waals surface area (Å²) in [5.41, 5.74) is -1.70. The number of hydrogen-bond acceptors (Lipinski definition) is 7. The van der Waals surface area contributed by atoms with Crippen molar-refractivity contribution >= 4 is 8.38 Å². The van der Waals surface area contributed by atoms with E-state index >= 15 is 0 Å². The molecule has 1 aliphatic rings.